The van der Waals surface area contributed by atoms with Crippen LogP contribution in [0.1, 0.15) is 39.0 Å². The number of rotatable bonds is 3. The van der Waals surface area contributed by atoms with Gasteiger partial charge in [0.25, 0.3) is 0 Å². The Balaban J connectivity index is 0.00000162. The first kappa shape index (κ1) is 15.7. The van der Waals surface area contributed by atoms with Crippen LogP contribution in [-0.2, 0) is 9.53 Å². The van der Waals surface area contributed by atoms with Crippen LogP contribution in [0, 0.1) is 5.41 Å². The fraction of sp³-hybridized carbons (Fsp3) is 0.923. The molecule has 1 heterocycles. The van der Waals surface area contributed by atoms with Crippen molar-refractivity contribution in [2.45, 2.75) is 45.1 Å². The molecule has 1 amide bonds. The Bertz CT molecular complexity index is 280. The van der Waals surface area contributed by atoms with Crippen LogP contribution in [0.5, 0.6) is 0 Å². The number of nitrogens with zero attached hydrogens (tertiary/aromatic N) is 1. The zero-order valence-electron chi connectivity index (χ0n) is 11.2. The molecule has 1 saturated heterocycles. The first-order valence-corrected chi connectivity index (χ1v) is 6.83. The van der Waals surface area contributed by atoms with E-state index in [9.17, 15) is 4.79 Å². The number of halogens is 1. The third-order valence-corrected chi connectivity index (χ3v) is 4.38. The van der Waals surface area contributed by atoms with E-state index in [-0.39, 0.29) is 23.9 Å². The van der Waals surface area contributed by atoms with E-state index in [4.69, 9.17) is 10.5 Å². The molecule has 1 aliphatic heterocycles. The molecule has 4 nitrogen and oxygen atoms in total. The van der Waals surface area contributed by atoms with Crippen molar-refractivity contribution in [2.24, 2.45) is 11.1 Å². The highest BCUT2D eigenvalue weighted by Crippen LogP contribution is 2.42. The van der Waals surface area contributed by atoms with Gasteiger partial charge in [0, 0.05) is 25.0 Å². The van der Waals surface area contributed by atoms with Crippen LogP contribution in [0.4, 0.5) is 0 Å². The molecule has 18 heavy (non-hydrogen) atoms. The predicted octanol–water partition coefficient (Wildman–Crippen LogP) is 1.56. The topological polar surface area (TPSA) is 55.6 Å². The van der Waals surface area contributed by atoms with Crippen LogP contribution < -0.4 is 5.73 Å². The minimum Gasteiger partial charge on any atom is -0.373 e. The number of carbonyl (C=O) groups is 1. The summed E-state index contributed by atoms with van der Waals surface area (Å²) < 4.78 is 5.52. The maximum Gasteiger partial charge on any atom is 0.228 e. The van der Waals surface area contributed by atoms with Crippen LogP contribution in [0.15, 0.2) is 0 Å². The van der Waals surface area contributed by atoms with Crippen LogP contribution in [0.3, 0.4) is 0 Å². The van der Waals surface area contributed by atoms with Gasteiger partial charge in [-0.15, -0.1) is 12.4 Å². The normalized spacial score (nSPS) is 26.8. The Morgan fingerprint density at radius 1 is 1.44 bits per heavy atom. The maximum atomic E-state index is 12.6. The summed E-state index contributed by atoms with van der Waals surface area (Å²) in [5.74, 6) is 0.347. The SMILES string of the molecule is CCC1(C(=O)N2CCOC(CN)C2)CCCC1.Cl. The van der Waals surface area contributed by atoms with Gasteiger partial charge in [-0.1, -0.05) is 19.8 Å². The van der Waals surface area contributed by atoms with Crippen molar-refractivity contribution < 1.29 is 9.53 Å². The summed E-state index contributed by atoms with van der Waals surface area (Å²) in [6.45, 7) is 4.69. The zero-order chi connectivity index (χ0) is 12.3. The number of ether oxygens (including phenoxy) is 1. The summed E-state index contributed by atoms with van der Waals surface area (Å²) in [6.07, 6.45) is 5.52. The Morgan fingerprint density at radius 3 is 2.67 bits per heavy atom. The molecule has 2 N–H and O–H groups in total. The molecule has 2 fully saturated rings. The second kappa shape index (κ2) is 6.73. The quantitative estimate of drug-likeness (QED) is 0.851. The van der Waals surface area contributed by atoms with Gasteiger partial charge in [0.15, 0.2) is 0 Å². The van der Waals surface area contributed by atoms with Gasteiger partial charge >= 0.3 is 0 Å². The number of nitrogens with two attached hydrogens (primary N) is 1. The van der Waals surface area contributed by atoms with Gasteiger partial charge in [0.05, 0.1) is 12.7 Å². The molecule has 0 bridgehead atoms. The van der Waals surface area contributed by atoms with Gasteiger partial charge in [0.2, 0.25) is 5.91 Å². The molecule has 1 unspecified atom stereocenters. The van der Waals surface area contributed by atoms with Crippen LogP contribution in [0.2, 0.25) is 0 Å². The number of hydrogen-bond acceptors (Lipinski definition) is 3. The van der Waals surface area contributed by atoms with Gasteiger partial charge in [0.1, 0.15) is 0 Å². The smallest absolute Gasteiger partial charge is 0.228 e. The molecule has 0 aromatic carbocycles. The average molecular weight is 277 g/mol. The standard InChI is InChI=1S/C13H24N2O2.ClH/c1-2-13(5-3-4-6-13)12(16)15-7-8-17-11(9-14)10-15;/h11H,2-10,14H2,1H3;1H. The van der Waals surface area contributed by atoms with Crippen molar-refractivity contribution >= 4 is 18.3 Å². The lowest BCUT2D eigenvalue weighted by atomic mass is 9.81. The van der Waals surface area contributed by atoms with E-state index in [1.165, 1.54) is 12.8 Å². The lowest BCUT2D eigenvalue weighted by molar-refractivity contribution is -0.149. The van der Waals surface area contributed by atoms with E-state index in [1.54, 1.807) is 0 Å². The molecule has 0 spiro atoms. The molecular formula is C13H25ClN2O2. The number of hydrogen-bond donors (Lipinski definition) is 1. The predicted molar refractivity (Wildman–Crippen MR) is 73.8 cm³/mol. The first-order chi connectivity index (χ1) is 8.22. The van der Waals surface area contributed by atoms with Crippen LogP contribution in [0.25, 0.3) is 0 Å². The van der Waals surface area contributed by atoms with Crippen LogP contribution in [-0.4, -0.2) is 43.2 Å². The second-order valence-corrected chi connectivity index (χ2v) is 5.32. The highest BCUT2D eigenvalue weighted by molar-refractivity contribution is 5.85. The van der Waals surface area contributed by atoms with E-state index in [0.717, 1.165) is 25.8 Å². The third kappa shape index (κ3) is 2.98. The van der Waals surface area contributed by atoms with E-state index < -0.39 is 0 Å². The lowest BCUT2D eigenvalue weighted by Gasteiger charge is -2.38. The molecule has 1 atom stereocenters. The maximum absolute atomic E-state index is 12.6. The Morgan fingerprint density at radius 2 is 2.11 bits per heavy atom. The monoisotopic (exact) mass is 276 g/mol. The van der Waals surface area contributed by atoms with E-state index >= 15 is 0 Å². The molecule has 5 heteroatoms. The summed E-state index contributed by atoms with van der Waals surface area (Å²) in [6, 6.07) is 0. The average Bonchev–Trinajstić information content (AvgIpc) is 2.88. The van der Waals surface area contributed by atoms with Gasteiger partial charge < -0.3 is 15.4 Å². The Labute approximate surface area is 116 Å². The van der Waals surface area contributed by atoms with Crippen molar-refractivity contribution in [1.82, 2.24) is 4.90 Å². The minimum absolute atomic E-state index is 0. The van der Waals surface area contributed by atoms with Crippen molar-refractivity contribution in [1.29, 1.82) is 0 Å². The van der Waals surface area contributed by atoms with E-state index in [1.807, 2.05) is 4.90 Å². The fourth-order valence-electron chi connectivity index (χ4n) is 3.15. The van der Waals surface area contributed by atoms with Crippen LogP contribution >= 0.6 is 12.4 Å². The molecule has 2 rings (SSSR count). The Kier molecular flexibility index (Phi) is 5.89. The Hall–Kier alpha value is -0.320. The summed E-state index contributed by atoms with van der Waals surface area (Å²) in [4.78, 5) is 14.6. The first-order valence-electron chi connectivity index (χ1n) is 6.83. The zero-order valence-corrected chi connectivity index (χ0v) is 12.0. The van der Waals surface area contributed by atoms with Crippen molar-refractivity contribution in [3.05, 3.63) is 0 Å². The minimum atomic E-state index is -0.0729. The van der Waals surface area contributed by atoms with Gasteiger partial charge in [-0.05, 0) is 19.3 Å². The molecule has 1 aliphatic carbocycles. The van der Waals surface area contributed by atoms with Crippen molar-refractivity contribution in [3.63, 3.8) is 0 Å². The lowest BCUT2D eigenvalue weighted by Crippen LogP contribution is -2.52. The number of carbonyl (C=O) groups excluding carboxylic acids is 1. The van der Waals surface area contributed by atoms with E-state index in [2.05, 4.69) is 6.92 Å². The molecule has 1 saturated carbocycles. The number of amides is 1. The van der Waals surface area contributed by atoms with E-state index in [0.29, 0.717) is 25.6 Å². The largest absolute Gasteiger partial charge is 0.373 e. The van der Waals surface area contributed by atoms with Gasteiger partial charge in [-0.3, -0.25) is 4.79 Å². The molecule has 106 valence electrons. The molecule has 2 aliphatic rings. The van der Waals surface area contributed by atoms with Gasteiger partial charge in [-0.2, -0.15) is 0 Å². The highest BCUT2D eigenvalue weighted by Gasteiger charge is 2.42. The summed E-state index contributed by atoms with van der Waals surface area (Å²) in [7, 11) is 0. The highest BCUT2D eigenvalue weighted by atomic mass is 35.5. The molecule has 0 aromatic heterocycles. The molecular weight excluding hydrogens is 252 g/mol. The molecule has 0 aromatic rings. The third-order valence-electron chi connectivity index (χ3n) is 4.38. The summed E-state index contributed by atoms with van der Waals surface area (Å²) >= 11 is 0. The van der Waals surface area contributed by atoms with Crippen molar-refractivity contribution in [2.75, 3.05) is 26.2 Å². The molecule has 0 radical (unpaired) electrons. The summed E-state index contributed by atoms with van der Waals surface area (Å²) in [5.41, 5.74) is 5.55. The number of morpholine rings is 1. The second-order valence-electron chi connectivity index (χ2n) is 5.32. The van der Waals surface area contributed by atoms with Gasteiger partial charge in [-0.25, -0.2) is 0 Å². The fourth-order valence-corrected chi connectivity index (χ4v) is 3.15. The summed E-state index contributed by atoms with van der Waals surface area (Å²) in [5, 5.41) is 0. The van der Waals surface area contributed by atoms with Crippen molar-refractivity contribution in [3.8, 4) is 0 Å².